The number of aromatic nitrogens is 1. The summed E-state index contributed by atoms with van der Waals surface area (Å²) in [4.78, 5) is 26.9. The van der Waals surface area contributed by atoms with Crippen molar-refractivity contribution >= 4 is 23.3 Å². The van der Waals surface area contributed by atoms with E-state index in [1.807, 2.05) is 24.0 Å². The number of primary amides is 1. The molecular weight excluding hydrogens is 412 g/mol. The Morgan fingerprint density at radius 3 is 2.78 bits per heavy atom. The van der Waals surface area contributed by atoms with Gasteiger partial charge in [-0.15, -0.1) is 0 Å². The Balaban J connectivity index is 1.81. The van der Waals surface area contributed by atoms with E-state index in [2.05, 4.69) is 4.98 Å². The molecule has 1 aliphatic heterocycles. The number of H-pyrrole nitrogens is 1. The first-order valence-corrected chi connectivity index (χ1v) is 10.7. The van der Waals surface area contributed by atoms with E-state index in [1.165, 1.54) is 5.57 Å². The van der Waals surface area contributed by atoms with E-state index < -0.39 is 11.9 Å². The number of hydrazine groups is 1. The highest BCUT2D eigenvalue weighted by Gasteiger charge is 2.36. The second-order valence-electron chi connectivity index (χ2n) is 7.89. The highest BCUT2D eigenvalue weighted by molar-refractivity contribution is 5.99. The molecule has 1 aromatic heterocycles. The van der Waals surface area contributed by atoms with Crippen LogP contribution in [0.1, 0.15) is 51.7 Å². The number of benzene rings is 1. The van der Waals surface area contributed by atoms with Crippen LogP contribution in [0.15, 0.2) is 30.0 Å². The largest absolute Gasteiger partial charge is 0.489 e. The van der Waals surface area contributed by atoms with Crippen molar-refractivity contribution in [2.24, 2.45) is 5.73 Å². The number of carboxylic acid groups (broad SMARTS) is 1. The molecule has 0 bridgehead atoms. The molecule has 9 heteroatoms. The zero-order valence-corrected chi connectivity index (χ0v) is 18.3. The molecule has 9 nitrogen and oxygen atoms in total. The molecule has 4 rings (SSSR count). The van der Waals surface area contributed by atoms with Crippen LogP contribution in [0.3, 0.4) is 0 Å². The molecule has 0 spiro atoms. The molecule has 0 saturated carbocycles. The molecule has 32 heavy (non-hydrogen) atoms. The number of rotatable bonds is 8. The molecule has 2 heterocycles. The number of nitrogens with zero attached hydrogens (tertiary/aromatic N) is 2. The minimum Gasteiger partial charge on any atom is -0.489 e. The summed E-state index contributed by atoms with van der Waals surface area (Å²) in [6.45, 7) is 3.88. The van der Waals surface area contributed by atoms with E-state index >= 15 is 0 Å². The second kappa shape index (κ2) is 9.05. The van der Waals surface area contributed by atoms with Gasteiger partial charge < -0.3 is 25.3 Å². The van der Waals surface area contributed by atoms with Gasteiger partial charge in [0.15, 0.2) is 0 Å². The lowest BCUT2D eigenvalue weighted by Crippen LogP contribution is -2.34. The van der Waals surface area contributed by atoms with Crippen LogP contribution in [0, 0.1) is 0 Å². The predicted octanol–water partition coefficient (Wildman–Crippen LogP) is 2.64. The second-order valence-corrected chi connectivity index (χ2v) is 7.89. The van der Waals surface area contributed by atoms with Crippen molar-refractivity contribution in [3.8, 4) is 5.75 Å². The number of likely N-dealkylation sites (N-methyl/N-ethyl adjacent to an activating group) is 1. The third-order valence-corrected chi connectivity index (χ3v) is 5.80. The number of carbonyl (C=O) groups is 2. The molecule has 2 aliphatic rings. The van der Waals surface area contributed by atoms with Crippen LogP contribution in [-0.4, -0.2) is 60.4 Å². The highest BCUT2D eigenvalue weighted by Crippen LogP contribution is 2.45. The molecule has 0 unspecified atom stereocenters. The van der Waals surface area contributed by atoms with Crippen molar-refractivity contribution in [3.05, 3.63) is 52.4 Å². The van der Waals surface area contributed by atoms with Gasteiger partial charge in [0.25, 0.3) is 0 Å². The van der Waals surface area contributed by atoms with Crippen LogP contribution < -0.4 is 15.5 Å². The lowest BCUT2D eigenvalue weighted by Gasteiger charge is -2.31. The third-order valence-electron chi connectivity index (χ3n) is 5.80. The summed E-state index contributed by atoms with van der Waals surface area (Å²) in [6.07, 6.45) is 4.16. The summed E-state index contributed by atoms with van der Waals surface area (Å²) < 4.78 is 11.4. The number of hydrogen-bond acceptors (Lipinski definition) is 6. The molecule has 4 N–H and O–H groups in total. The molecular formula is C23H28N4O5. The smallest absolute Gasteiger partial charge is 0.337 e. The average molecular weight is 441 g/mol. The van der Waals surface area contributed by atoms with Gasteiger partial charge in [0.2, 0.25) is 5.91 Å². The Labute approximate surface area is 186 Å². The summed E-state index contributed by atoms with van der Waals surface area (Å²) in [5.41, 5.74) is 10.5. The summed E-state index contributed by atoms with van der Waals surface area (Å²) in [5.74, 6) is -1.03. The van der Waals surface area contributed by atoms with Gasteiger partial charge in [0.05, 0.1) is 17.9 Å². The number of carbonyl (C=O) groups excluding carboxylic acids is 1. The van der Waals surface area contributed by atoms with Gasteiger partial charge in [-0.3, -0.25) is 9.80 Å². The van der Waals surface area contributed by atoms with Crippen molar-refractivity contribution < 1.29 is 24.2 Å². The highest BCUT2D eigenvalue weighted by atomic mass is 16.5. The number of amides is 1. The topological polar surface area (TPSA) is 121 Å². The zero-order valence-electron chi connectivity index (χ0n) is 18.3. The first-order chi connectivity index (χ1) is 15.4. The summed E-state index contributed by atoms with van der Waals surface area (Å²) in [7, 11) is 1.95. The minimum absolute atomic E-state index is 0.252. The fraction of sp³-hybridized carbons (Fsp3) is 0.391. The third kappa shape index (κ3) is 3.96. The quantitative estimate of drug-likeness (QED) is 0.540. The predicted molar refractivity (Wildman–Crippen MR) is 120 cm³/mol. The van der Waals surface area contributed by atoms with Crippen molar-refractivity contribution in [1.82, 2.24) is 9.99 Å². The van der Waals surface area contributed by atoms with Crippen LogP contribution in [0.25, 0.3) is 5.70 Å². The van der Waals surface area contributed by atoms with Crippen molar-refractivity contribution in [1.29, 1.82) is 0 Å². The van der Waals surface area contributed by atoms with Crippen molar-refractivity contribution in [3.63, 3.8) is 0 Å². The van der Waals surface area contributed by atoms with Gasteiger partial charge in [0.1, 0.15) is 18.0 Å². The number of nitrogens with two attached hydrogens (primary N) is 1. The Kier molecular flexibility index (Phi) is 6.20. The fourth-order valence-corrected chi connectivity index (χ4v) is 4.42. The Bertz CT molecular complexity index is 1070. The molecule has 1 aliphatic carbocycles. The van der Waals surface area contributed by atoms with Crippen LogP contribution in [0.4, 0.5) is 5.69 Å². The van der Waals surface area contributed by atoms with Crippen LogP contribution in [0.2, 0.25) is 0 Å². The Morgan fingerprint density at radius 1 is 1.25 bits per heavy atom. The SMILES string of the molecule is CCOCCOc1cc(C(N)=O)ccc1N1C2=C(CCCc3[nH]cc(C(=O)O)c32)CN1C. The summed E-state index contributed by atoms with van der Waals surface area (Å²) in [5, 5.41) is 13.8. The lowest BCUT2D eigenvalue weighted by molar-refractivity contribution is 0.0696. The van der Waals surface area contributed by atoms with Gasteiger partial charge in [-0.2, -0.15) is 0 Å². The number of nitrogens with one attached hydrogen (secondary N) is 1. The number of anilines is 1. The van der Waals surface area contributed by atoms with Crippen molar-refractivity contribution in [2.45, 2.75) is 26.2 Å². The van der Waals surface area contributed by atoms with E-state index in [0.717, 1.165) is 30.7 Å². The first kappa shape index (κ1) is 21.9. The molecule has 1 amide bonds. The fourth-order valence-electron chi connectivity index (χ4n) is 4.42. The number of ether oxygens (including phenoxy) is 2. The Morgan fingerprint density at radius 2 is 2.06 bits per heavy atom. The number of fused-ring (bicyclic) bond motifs is 2. The van der Waals surface area contributed by atoms with E-state index in [1.54, 1.807) is 24.4 Å². The van der Waals surface area contributed by atoms with Gasteiger partial charge in [-0.25, -0.2) is 9.80 Å². The molecule has 0 radical (unpaired) electrons. The van der Waals surface area contributed by atoms with E-state index in [0.29, 0.717) is 48.9 Å². The van der Waals surface area contributed by atoms with Crippen LogP contribution in [-0.2, 0) is 11.2 Å². The lowest BCUT2D eigenvalue weighted by atomic mass is 10.0. The zero-order chi connectivity index (χ0) is 22.8. The molecule has 1 aromatic carbocycles. The number of aromatic amines is 1. The number of aromatic carboxylic acids is 1. The molecule has 2 aromatic rings. The number of carboxylic acids is 1. The maximum Gasteiger partial charge on any atom is 0.337 e. The molecule has 0 atom stereocenters. The maximum absolute atomic E-state index is 12.0. The van der Waals surface area contributed by atoms with Gasteiger partial charge in [-0.05, 0) is 50.0 Å². The normalized spacial score (nSPS) is 16.0. The van der Waals surface area contributed by atoms with Crippen LogP contribution >= 0.6 is 0 Å². The summed E-state index contributed by atoms with van der Waals surface area (Å²) in [6, 6.07) is 5.08. The van der Waals surface area contributed by atoms with Crippen molar-refractivity contribution in [2.75, 3.05) is 38.4 Å². The first-order valence-electron chi connectivity index (χ1n) is 10.7. The number of aryl methyl sites for hydroxylation is 1. The summed E-state index contributed by atoms with van der Waals surface area (Å²) >= 11 is 0. The molecule has 0 fully saturated rings. The van der Waals surface area contributed by atoms with Crippen LogP contribution in [0.5, 0.6) is 5.75 Å². The molecule has 0 saturated heterocycles. The molecule has 170 valence electrons. The Hall–Kier alpha value is -3.30. The maximum atomic E-state index is 12.0. The standard InChI is InChI=1S/C23H28N4O5/c1-3-31-9-10-32-19-11-14(22(24)28)7-8-18(19)27-21-15(13-26(27)2)5-4-6-17-20(21)16(12-25-17)23(29)30/h7-8,11-12,25H,3-6,9-10,13H2,1-2H3,(H2,24,28)(H,29,30). The van der Waals surface area contributed by atoms with Gasteiger partial charge in [0, 0.05) is 43.2 Å². The number of hydrogen-bond donors (Lipinski definition) is 3. The van der Waals surface area contributed by atoms with Gasteiger partial charge in [-0.1, -0.05) is 0 Å². The van der Waals surface area contributed by atoms with Gasteiger partial charge >= 0.3 is 5.97 Å². The van der Waals surface area contributed by atoms with E-state index in [4.69, 9.17) is 15.2 Å². The monoisotopic (exact) mass is 440 g/mol. The average Bonchev–Trinajstić information content (AvgIpc) is 3.26. The van der Waals surface area contributed by atoms with E-state index in [9.17, 15) is 14.7 Å². The minimum atomic E-state index is -0.969. The van der Waals surface area contributed by atoms with E-state index in [-0.39, 0.29) is 5.56 Å².